The van der Waals surface area contributed by atoms with E-state index in [1.165, 1.54) is 0 Å². The van der Waals surface area contributed by atoms with Crippen LogP contribution in [0.15, 0.2) is 24.3 Å². The Hall–Kier alpha value is -1.55. The molecule has 2 amide bonds. The van der Waals surface area contributed by atoms with Crippen molar-refractivity contribution in [2.45, 2.75) is 25.1 Å². The highest BCUT2D eigenvalue weighted by Gasteiger charge is 2.05. The SMILES string of the molecule is NC(=O)CCCCNC(=O)c1cccc(CCl)c1. The Kier molecular flexibility index (Phi) is 6.22. The topological polar surface area (TPSA) is 72.2 Å². The number of amides is 2. The van der Waals surface area contributed by atoms with Gasteiger partial charge in [0.15, 0.2) is 0 Å². The first-order valence-electron chi connectivity index (χ1n) is 5.85. The molecule has 0 bridgehead atoms. The van der Waals surface area contributed by atoms with Crippen molar-refractivity contribution >= 4 is 23.4 Å². The van der Waals surface area contributed by atoms with E-state index in [0.29, 0.717) is 30.8 Å². The van der Waals surface area contributed by atoms with Crippen LogP contribution >= 0.6 is 11.6 Å². The quantitative estimate of drug-likeness (QED) is 0.585. The Morgan fingerprint density at radius 3 is 2.72 bits per heavy atom. The number of hydrogen-bond donors (Lipinski definition) is 2. The Bertz CT molecular complexity index is 421. The standard InChI is InChI=1S/C13H17ClN2O2/c14-9-10-4-3-5-11(8-10)13(18)16-7-2-1-6-12(15)17/h3-5,8H,1-2,6-7,9H2,(H2,15,17)(H,16,18). The fourth-order valence-electron chi connectivity index (χ4n) is 1.52. The molecule has 0 radical (unpaired) electrons. The lowest BCUT2D eigenvalue weighted by Crippen LogP contribution is -2.24. The fraction of sp³-hybridized carbons (Fsp3) is 0.385. The number of rotatable bonds is 7. The predicted molar refractivity (Wildman–Crippen MR) is 71.4 cm³/mol. The molecule has 0 aliphatic carbocycles. The molecule has 5 heteroatoms. The summed E-state index contributed by atoms with van der Waals surface area (Å²) in [5, 5.41) is 2.79. The Morgan fingerprint density at radius 1 is 1.28 bits per heavy atom. The van der Waals surface area contributed by atoms with Crippen LogP contribution in [-0.4, -0.2) is 18.4 Å². The third-order valence-corrected chi connectivity index (χ3v) is 2.79. The number of unbranched alkanes of at least 4 members (excludes halogenated alkanes) is 1. The maximum Gasteiger partial charge on any atom is 0.251 e. The number of benzene rings is 1. The molecule has 0 aromatic heterocycles. The van der Waals surface area contributed by atoms with Crippen molar-refractivity contribution in [3.63, 3.8) is 0 Å². The number of hydrogen-bond acceptors (Lipinski definition) is 2. The van der Waals surface area contributed by atoms with E-state index >= 15 is 0 Å². The van der Waals surface area contributed by atoms with Crippen LogP contribution in [-0.2, 0) is 10.7 Å². The van der Waals surface area contributed by atoms with E-state index < -0.39 is 0 Å². The first-order valence-corrected chi connectivity index (χ1v) is 6.38. The second kappa shape index (κ2) is 7.71. The van der Waals surface area contributed by atoms with Gasteiger partial charge in [-0.15, -0.1) is 11.6 Å². The van der Waals surface area contributed by atoms with Gasteiger partial charge in [0.05, 0.1) is 0 Å². The van der Waals surface area contributed by atoms with Gasteiger partial charge in [-0.2, -0.15) is 0 Å². The van der Waals surface area contributed by atoms with E-state index in [2.05, 4.69) is 5.32 Å². The van der Waals surface area contributed by atoms with Gasteiger partial charge in [0.1, 0.15) is 0 Å². The second-order valence-electron chi connectivity index (χ2n) is 4.01. The summed E-state index contributed by atoms with van der Waals surface area (Å²) in [6, 6.07) is 7.19. The molecule has 0 unspecified atom stereocenters. The smallest absolute Gasteiger partial charge is 0.251 e. The average molecular weight is 269 g/mol. The molecule has 4 nitrogen and oxygen atoms in total. The summed E-state index contributed by atoms with van der Waals surface area (Å²) >= 11 is 5.70. The van der Waals surface area contributed by atoms with Crippen molar-refractivity contribution in [3.05, 3.63) is 35.4 Å². The van der Waals surface area contributed by atoms with E-state index in [-0.39, 0.29) is 11.8 Å². The number of carbonyl (C=O) groups excluding carboxylic acids is 2. The number of carbonyl (C=O) groups is 2. The number of nitrogens with two attached hydrogens (primary N) is 1. The summed E-state index contributed by atoms with van der Waals surface area (Å²) in [4.78, 5) is 22.3. The summed E-state index contributed by atoms with van der Waals surface area (Å²) in [5.74, 6) is -0.0445. The van der Waals surface area contributed by atoms with Gasteiger partial charge < -0.3 is 11.1 Å². The lowest BCUT2D eigenvalue weighted by Gasteiger charge is -2.05. The Balaban J connectivity index is 2.33. The molecule has 0 atom stereocenters. The van der Waals surface area contributed by atoms with E-state index in [9.17, 15) is 9.59 Å². The normalized spacial score (nSPS) is 10.1. The third kappa shape index (κ3) is 5.19. The van der Waals surface area contributed by atoms with E-state index in [1.54, 1.807) is 18.2 Å². The molecule has 0 heterocycles. The monoisotopic (exact) mass is 268 g/mol. The van der Waals surface area contributed by atoms with Crippen molar-refractivity contribution in [1.29, 1.82) is 0 Å². The summed E-state index contributed by atoms with van der Waals surface area (Å²) in [6.07, 6.45) is 1.79. The average Bonchev–Trinajstić information content (AvgIpc) is 2.37. The molecular weight excluding hydrogens is 252 g/mol. The molecule has 0 fully saturated rings. The van der Waals surface area contributed by atoms with Crippen LogP contribution in [0.2, 0.25) is 0 Å². The van der Waals surface area contributed by atoms with Crippen molar-refractivity contribution in [1.82, 2.24) is 5.32 Å². The van der Waals surface area contributed by atoms with E-state index in [4.69, 9.17) is 17.3 Å². The lowest BCUT2D eigenvalue weighted by atomic mass is 10.1. The largest absolute Gasteiger partial charge is 0.370 e. The predicted octanol–water partition coefficient (Wildman–Crippen LogP) is 1.81. The zero-order valence-corrected chi connectivity index (χ0v) is 10.9. The maximum absolute atomic E-state index is 11.8. The van der Waals surface area contributed by atoms with Crippen LogP contribution in [0, 0.1) is 0 Å². The molecule has 1 rings (SSSR count). The van der Waals surface area contributed by atoms with Crippen molar-refractivity contribution in [2.24, 2.45) is 5.73 Å². The molecule has 0 aliphatic rings. The Morgan fingerprint density at radius 2 is 2.06 bits per heavy atom. The minimum Gasteiger partial charge on any atom is -0.370 e. The molecule has 0 spiro atoms. The number of primary amides is 1. The third-order valence-electron chi connectivity index (χ3n) is 2.48. The van der Waals surface area contributed by atoms with Crippen molar-refractivity contribution in [2.75, 3.05) is 6.54 Å². The molecule has 1 aromatic rings. The van der Waals surface area contributed by atoms with Crippen LogP contribution in [0.25, 0.3) is 0 Å². The summed E-state index contributed by atoms with van der Waals surface area (Å²) in [5.41, 5.74) is 6.53. The molecule has 3 N–H and O–H groups in total. The number of alkyl halides is 1. The highest BCUT2D eigenvalue weighted by molar-refractivity contribution is 6.17. The van der Waals surface area contributed by atoms with Crippen LogP contribution in [0.4, 0.5) is 0 Å². The summed E-state index contributed by atoms with van der Waals surface area (Å²) in [7, 11) is 0. The van der Waals surface area contributed by atoms with Crippen LogP contribution in [0.1, 0.15) is 35.2 Å². The van der Waals surface area contributed by atoms with Gasteiger partial charge >= 0.3 is 0 Å². The van der Waals surface area contributed by atoms with E-state index in [1.807, 2.05) is 6.07 Å². The highest BCUT2D eigenvalue weighted by Crippen LogP contribution is 2.07. The van der Waals surface area contributed by atoms with Gasteiger partial charge in [0.2, 0.25) is 5.91 Å². The van der Waals surface area contributed by atoms with Crippen LogP contribution in [0.3, 0.4) is 0 Å². The van der Waals surface area contributed by atoms with Gasteiger partial charge in [-0.25, -0.2) is 0 Å². The summed E-state index contributed by atoms with van der Waals surface area (Å²) in [6.45, 7) is 0.539. The van der Waals surface area contributed by atoms with Gasteiger partial charge in [0.25, 0.3) is 5.91 Å². The molecule has 0 saturated heterocycles. The van der Waals surface area contributed by atoms with Gasteiger partial charge in [0, 0.05) is 24.4 Å². The van der Waals surface area contributed by atoms with Gasteiger partial charge in [-0.3, -0.25) is 9.59 Å². The molecular formula is C13H17ClN2O2. The van der Waals surface area contributed by atoms with Crippen LogP contribution < -0.4 is 11.1 Å². The first kappa shape index (κ1) is 14.5. The molecule has 0 saturated carbocycles. The molecule has 18 heavy (non-hydrogen) atoms. The molecule has 1 aromatic carbocycles. The Labute approximate surface area is 112 Å². The van der Waals surface area contributed by atoms with Crippen LogP contribution in [0.5, 0.6) is 0 Å². The zero-order valence-electron chi connectivity index (χ0n) is 10.1. The van der Waals surface area contributed by atoms with Crippen molar-refractivity contribution < 1.29 is 9.59 Å². The maximum atomic E-state index is 11.8. The zero-order chi connectivity index (χ0) is 13.4. The number of nitrogens with one attached hydrogen (secondary N) is 1. The highest BCUT2D eigenvalue weighted by atomic mass is 35.5. The second-order valence-corrected chi connectivity index (χ2v) is 4.28. The lowest BCUT2D eigenvalue weighted by molar-refractivity contribution is -0.118. The minimum absolute atomic E-state index is 0.124. The van der Waals surface area contributed by atoms with E-state index in [0.717, 1.165) is 12.0 Å². The molecule has 98 valence electrons. The number of halogens is 1. The first-order chi connectivity index (χ1) is 8.63. The van der Waals surface area contributed by atoms with Gasteiger partial charge in [-0.1, -0.05) is 12.1 Å². The summed E-state index contributed by atoms with van der Waals surface area (Å²) < 4.78 is 0. The fourth-order valence-corrected chi connectivity index (χ4v) is 1.69. The minimum atomic E-state index is -0.309. The van der Waals surface area contributed by atoms with Gasteiger partial charge in [-0.05, 0) is 30.5 Å². The molecule has 0 aliphatic heterocycles. The van der Waals surface area contributed by atoms with Crippen molar-refractivity contribution in [3.8, 4) is 0 Å².